The van der Waals surface area contributed by atoms with Crippen LogP contribution < -0.4 is 5.73 Å². The van der Waals surface area contributed by atoms with E-state index in [1.54, 1.807) is 0 Å². The molecule has 0 saturated carbocycles. The van der Waals surface area contributed by atoms with E-state index < -0.39 is 0 Å². The van der Waals surface area contributed by atoms with Crippen molar-refractivity contribution in [3.05, 3.63) is 35.9 Å². The number of nitrogens with two attached hydrogens (primary N) is 1. The predicted molar refractivity (Wildman–Crippen MR) is 74.9 cm³/mol. The Bertz CT molecular complexity index is 376. The summed E-state index contributed by atoms with van der Waals surface area (Å²) in [5.41, 5.74) is 6.87. The van der Waals surface area contributed by atoms with Gasteiger partial charge < -0.3 is 15.8 Å². The molecule has 1 aromatic rings. The third kappa shape index (κ3) is 4.37. The Kier molecular flexibility index (Phi) is 5.65. The van der Waals surface area contributed by atoms with Gasteiger partial charge in [-0.05, 0) is 18.5 Å². The Morgan fingerprint density at radius 3 is 2.39 bits per heavy atom. The first-order valence-corrected chi connectivity index (χ1v) is 6.25. The molecule has 1 rings (SSSR count). The van der Waals surface area contributed by atoms with Crippen LogP contribution >= 0.6 is 0 Å². The zero-order chi connectivity index (χ0) is 13.5. The molecule has 1 atom stereocenters. The van der Waals surface area contributed by atoms with Gasteiger partial charge in [0.25, 0.3) is 0 Å². The van der Waals surface area contributed by atoms with Crippen LogP contribution in [0.15, 0.2) is 35.5 Å². The van der Waals surface area contributed by atoms with Gasteiger partial charge in [0.2, 0.25) is 0 Å². The first-order chi connectivity index (χ1) is 8.54. The highest BCUT2D eigenvalue weighted by Crippen LogP contribution is 2.17. The average molecular weight is 249 g/mol. The Balaban J connectivity index is 2.81. The highest BCUT2D eigenvalue weighted by atomic mass is 16.4. The van der Waals surface area contributed by atoms with Crippen molar-refractivity contribution in [2.24, 2.45) is 16.8 Å². The van der Waals surface area contributed by atoms with E-state index in [1.807, 2.05) is 30.3 Å². The molecular formula is C14H23N3O. The van der Waals surface area contributed by atoms with E-state index in [9.17, 15) is 0 Å². The van der Waals surface area contributed by atoms with Crippen LogP contribution in [-0.2, 0) is 0 Å². The monoisotopic (exact) mass is 249 g/mol. The van der Waals surface area contributed by atoms with Crippen LogP contribution in [0.4, 0.5) is 0 Å². The molecule has 0 amide bonds. The largest absolute Gasteiger partial charge is 0.409 e. The fraction of sp³-hybridized carbons (Fsp3) is 0.500. The molecule has 18 heavy (non-hydrogen) atoms. The van der Waals surface area contributed by atoms with E-state index in [4.69, 9.17) is 10.9 Å². The molecule has 0 heterocycles. The molecule has 3 N–H and O–H groups in total. The Labute approximate surface area is 109 Å². The standard InChI is InChI=1S/C14H23N3O/c1-11(2)9-17(3)10-13(14(15)16-18)12-7-5-4-6-8-12/h4-8,11,13,18H,9-10H2,1-3H3,(H2,15,16). The third-order valence-corrected chi connectivity index (χ3v) is 2.85. The highest BCUT2D eigenvalue weighted by molar-refractivity contribution is 5.87. The fourth-order valence-electron chi connectivity index (χ4n) is 2.13. The number of nitrogens with zero attached hydrogens (tertiary/aromatic N) is 2. The molecule has 0 aliphatic heterocycles. The fourth-order valence-corrected chi connectivity index (χ4v) is 2.13. The summed E-state index contributed by atoms with van der Waals surface area (Å²) < 4.78 is 0. The summed E-state index contributed by atoms with van der Waals surface area (Å²) in [4.78, 5) is 2.21. The van der Waals surface area contributed by atoms with Crippen molar-refractivity contribution >= 4 is 5.84 Å². The van der Waals surface area contributed by atoms with Gasteiger partial charge in [-0.3, -0.25) is 0 Å². The molecule has 1 aromatic carbocycles. The normalized spacial score (nSPS) is 14.2. The van der Waals surface area contributed by atoms with Gasteiger partial charge in [-0.25, -0.2) is 0 Å². The van der Waals surface area contributed by atoms with Crippen molar-refractivity contribution in [2.75, 3.05) is 20.1 Å². The summed E-state index contributed by atoms with van der Waals surface area (Å²) in [5.74, 6) is 0.787. The van der Waals surface area contributed by atoms with Gasteiger partial charge in [-0.1, -0.05) is 49.3 Å². The smallest absolute Gasteiger partial charge is 0.147 e. The molecular weight excluding hydrogens is 226 g/mol. The molecule has 0 bridgehead atoms. The SMILES string of the molecule is CC(C)CN(C)CC(C(N)=NO)c1ccccc1. The lowest BCUT2D eigenvalue weighted by Crippen LogP contribution is -2.34. The molecule has 100 valence electrons. The Morgan fingerprint density at radius 2 is 1.89 bits per heavy atom. The predicted octanol–water partition coefficient (Wildman–Crippen LogP) is 2.10. The van der Waals surface area contributed by atoms with Gasteiger partial charge in [-0.2, -0.15) is 0 Å². The van der Waals surface area contributed by atoms with Gasteiger partial charge >= 0.3 is 0 Å². The average Bonchev–Trinajstić information content (AvgIpc) is 2.35. The molecule has 0 aliphatic carbocycles. The summed E-state index contributed by atoms with van der Waals surface area (Å²) in [6.45, 7) is 6.09. The Morgan fingerprint density at radius 1 is 1.28 bits per heavy atom. The zero-order valence-electron chi connectivity index (χ0n) is 11.4. The van der Waals surface area contributed by atoms with Crippen LogP contribution in [0.1, 0.15) is 25.3 Å². The van der Waals surface area contributed by atoms with Gasteiger partial charge in [0.1, 0.15) is 5.84 Å². The van der Waals surface area contributed by atoms with Crippen molar-refractivity contribution in [2.45, 2.75) is 19.8 Å². The number of oxime groups is 1. The maximum Gasteiger partial charge on any atom is 0.147 e. The van der Waals surface area contributed by atoms with E-state index in [0.717, 1.165) is 18.7 Å². The molecule has 0 aromatic heterocycles. The molecule has 4 nitrogen and oxygen atoms in total. The van der Waals surface area contributed by atoms with E-state index in [-0.39, 0.29) is 11.8 Å². The van der Waals surface area contributed by atoms with E-state index >= 15 is 0 Å². The van der Waals surface area contributed by atoms with E-state index in [0.29, 0.717) is 5.92 Å². The Hall–Kier alpha value is -1.55. The van der Waals surface area contributed by atoms with Gasteiger partial charge in [0, 0.05) is 13.1 Å². The van der Waals surface area contributed by atoms with Crippen LogP contribution in [-0.4, -0.2) is 36.1 Å². The van der Waals surface area contributed by atoms with Crippen LogP contribution in [0.2, 0.25) is 0 Å². The lowest BCUT2D eigenvalue weighted by Gasteiger charge is -2.24. The van der Waals surface area contributed by atoms with E-state index in [1.165, 1.54) is 0 Å². The maximum atomic E-state index is 8.91. The lowest BCUT2D eigenvalue weighted by atomic mass is 9.97. The molecule has 0 aliphatic rings. The molecule has 0 saturated heterocycles. The minimum absolute atomic E-state index is 0.0695. The van der Waals surface area contributed by atoms with Crippen LogP contribution in [0.25, 0.3) is 0 Å². The first-order valence-electron chi connectivity index (χ1n) is 6.25. The second-order valence-electron chi connectivity index (χ2n) is 5.10. The van der Waals surface area contributed by atoms with E-state index in [2.05, 4.69) is 31.0 Å². The number of benzene rings is 1. The van der Waals surface area contributed by atoms with Gasteiger partial charge in [-0.15, -0.1) is 0 Å². The van der Waals surface area contributed by atoms with Gasteiger partial charge in [0.15, 0.2) is 0 Å². The van der Waals surface area contributed by atoms with Crippen molar-refractivity contribution in [1.29, 1.82) is 0 Å². The number of amidine groups is 1. The second kappa shape index (κ2) is 7.01. The third-order valence-electron chi connectivity index (χ3n) is 2.85. The second-order valence-corrected chi connectivity index (χ2v) is 5.10. The zero-order valence-corrected chi connectivity index (χ0v) is 11.4. The van der Waals surface area contributed by atoms with Crippen molar-refractivity contribution in [3.63, 3.8) is 0 Å². The number of likely N-dealkylation sites (N-methyl/N-ethyl adjacent to an activating group) is 1. The first kappa shape index (κ1) is 14.5. The summed E-state index contributed by atoms with van der Waals surface area (Å²) in [5, 5.41) is 12.1. The highest BCUT2D eigenvalue weighted by Gasteiger charge is 2.18. The van der Waals surface area contributed by atoms with Crippen LogP contribution in [0.3, 0.4) is 0 Å². The molecule has 0 spiro atoms. The van der Waals surface area contributed by atoms with Crippen molar-refractivity contribution < 1.29 is 5.21 Å². The van der Waals surface area contributed by atoms with Crippen LogP contribution in [0.5, 0.6) is 0 Å². The molecule has 4 heteroatoms. The quantitative estimate of drug-likeness (QED) is 0.351. The summed E-state index contributed by atoms with van der Waals surface area (Å²) in [6.07, 6.45) is 0. The lowest BCUT2D eigenvalue weighted by molar-refractivity contribution is 0.285. The maximum absolute atomic E-state index is 8.91. The summed E-state index contributed by atoms with van der Waals surface area (Å²) in [6, 6.07) is 9.91. The van der Waals surface area contributed by atoms with Gasteiger partial charge in [0.05, 0.1) is 5.92 Å². The minimum Gasteiger partial charge on any atom is -0.409 e. The number of rotatable bonds is 6. The summed E-state index contributed by atoms with van der Waals surface area (Å²) in [7, 11) is 2.06. The van der Waals surface area contributed by atoms with Crippen molar-refractivity contribution in [3.8, 4) is 0 Å². The molecule has 0 fully saturated rings. The number of hydrogen-bond acceptors (Lipinski definition) is 3. The molecule has 1 unspecified atom stereocenters. The summed E-state index contributed by atoms with van der Waals surface area (Å²) >= 11 is 0. The van der Waals surface area contributed by atoms with Crippen molar-refractivity contribution in [1.82, 2.24) is 4.90 Å². The topological polar surface area (TPSA) is 61.8 Å². The minimum atomic E-state index is -0.0695. The van der Waals surface area contributed by atoms with Crippen LogP contribution in [0, 0.1) is 5.92 Å². The number of hydrogen-bond donors (Lipinski definition) is 2. The molecule has 0 radical (unpaired) electrons.